The van der Waals surface area contributed by atoms with Crippen molar-refractivity contribution >= 4 is 32.9 Å². The fourth-order valence-electron chi connectivity index (χ4n) is 3.39. The predicted octanol–water partition coefficient (Wildman–Crippen LogP) is 4.99. The molecule has 1 atom stereocenters. The Balaban J connectivity index is 1.42. The van der Waals surface area contributed by atoms with Gasteiger partial charge in [-0.15, -0.1) is 0 Å². The smallest absolute Gasteiger partial charge is 0.410 e. The topological polar surface area (TPSA) is 34.5 Å². The van der Waals surface area contributed by atoms with Crippen molar-refractivity contribution in [2.24, 2.45) is 0 Å². The molecule has 128 valence electrons. The van der Waals surface area contributed by atoms with Crippen LogP contribution in [0.15, 0.2) is 65.3 Å². The Labute approximate surface area is 155 Å². The average Bonchev–Trinajstić information content (AvgIpc) is 3.27. The molecule has 3 aromatic rings. The van der Waals surface area contributed by atoms with Crippen molar-refractivity contribution in [2.45, 2.75) is 19.1 Å². The number of nitrogens with zero attached hydrogens (tertiary/aromatic N) is 2. The molecule has 4 nitrogen and oxygen atoms in total. The van der Waals surface area contributed by atoms with E-state index in [0.29, 0.717) is 13.2 Å². The maximum Gasteiger partial charge on any atom is 0.410 e. The molecule has 1 fully saturated rings. The molecule has 4 rings (SSSR count). The molecule has 1 saturated heterocycles. The van der Waals surface area contributed by atoms with Gasteiger partial charge in [0.1, 0.15) is 6.61 Å². The summed E-state index contributed by atoms with van der Waals surface area (Å²) in [5.41, 5.74) is 2.20. The number of fused-ring (bicyclic) bond motifs is 1. The van der Waals surface area contributed by atoms with Crippen LogP contribution in [0.2, 0.25) is 0 Å². The zero-order valence-corrected chi connectivity index (χ0v) is 15.4. The third kappa shape index (κ3) is 3.42. The minimum Gasteiger partial charge on any atom is -0.445 e. The van der Waals surface area contributed by atoms with Crippen LogP contribution in [-0.2, 0) is 11.3 Å². The Morgan fingerprint density at radius 2 is 2.00 bits per heavy atom. The van der Waals surface area contributed by atoms with Crippen LogP contribution in [0.3, 0.4) is 0 Å². The first kappa shape index (κ1) is 16.2. The molecule has 0 aliphatic carbocycles. The Hall–Kier alpha value is -2.27. The third-order valence-corrected chi connectivity index (χ3v) is 5.20. The molecule has 1 aliphatic heterocycles. The van der Waals surface area contributed by atoms with Crippen LogP contribution in [-0.4, -0.2) is 28.6 Å². The van der Waals surface area contributed by atoms with Crippen molar-refractivity contribution in [1.29, 1.82) is 0 Å². The summed E-state index contributed by atoms with van der Waals surface area (Å²) in [5, 5.41) is 1.22. The fraction of sp³-hybridized carbons (Fsp3) is 0.250. The second-order valence-corrected chi connectivity index (χ2v) is 7.27. The summed E-state index contributed by atoms with van der Waals surface area (Å²) in [4.78, 5) is 14.1. The second kappa shape index (κ2) is 6.92. The SMILES string of the molecule is O=C(OCc1ccccc1)N1CCC(n2ccc3ccc(Br)cc32)C1. The van der Waals surface area contributed by atoms with E-state index < -0.39 is 0 Å². The summed E-state index contributed by atoms with van der Waals surface area (Å²) in [5.74, 6) is 0. The lowest BCUT2D eigenvalue weighted by molar-refractivity contribution is 0.103. The van der Waals surface area contributed by atoms with Gasteiger partial charge in [-0.2, -0.15) is 0 Å². The Morgan fingerprint density at radius 3 is 2.84 bits per heavy atom. The van der Waals surface area contributed by atoms with Gasteiger partial charge in [0.15, 0.2) is 0 Å². The lowest BCUT2D eigenvalue weighted by Gasteiger charge is -2.18. The summed E-state index contributed by atoms with van der Waals surface area (Å²) in [7, 11) is 0. The molecule has 2 aromatic carbocycles. The van der Waals surface area contributed by atoms with E-state index in [-0.39, 0.29) is 12.1 Å². The van der Waals surface area contributed by atoms with E-state index in [4.69, 9.17) is 4.74 Å². The van der Waals surface area contributed by atoms with Crippen LogP contribution >= 0.6 is 15.9 Å². The summed E-state index contributed by atoms with van der Waals surface area (Å²) in [6, 6.07) is 18.5. The van der Waals surface area contributed by atoms with Gasteiger partial charge in [0.05, 0.1) is 6.04 Å². The molecule has 5 heteroatoms. The second-order valence-electron chi connectivity index (χ2n) is 6.35. The molecule has 1 aliphatic rings. The van der Waals surface area contributed by atoms with Gasteiger partial charge in [-0.1, -0.05) is 52.3 Å². The van der Waals surface area contributed by atoms with Crippen molar-refractivity contribution < 1.29 is 9.53 Å². The largest absolute Gasteiger partial charge is 0.445 e. The summed E-state index contributed by atoms with van der Waals surface area (Å²) in [6.07, 6.45) is 2.82. The number of hydrogen-bond donors (Lipinski definition) is 0. The number of carbonyl (C=O) groups is 1. The van der Waals surface area contributed by atoms with Gasteiger partial charge in [0.2, 0.25) is 0 Å². The van der Waals surface area contributed by atoms with Crippen molar-refractivity contribution in [3.8, 4) is 0 Å². The first-order valence-corrected chi connectivity index (χ1v) is 9.22. The summed E-state index contributed by atoms with van der Waals surface area (Å²) >= 11 is 3.54. The number of benzene rings is 2. The van der Waals surface area contributed by atoms with Crippen molar-refractivity contribution in [1.82, 2.24) is 9.47 Å². The third-order valence-electron chi connectivity index (χ3n) is 4.71. The average molecular weight is 399 g/mol. The minimum absolute atomic E-state index is 0.232. The molecule has 0 N–H and O–H groups in total. The lowest BCUT2D eigenvalue weighted by atomic mass is 10.2. The van der Waals surface area contributed by atoms with Gasteiger partial charge in [-0.05, 0) is 35.6 Å². The van der Waals surface area contributed by atoms with E-state index in [2.05, 4.69) is 51.0 Å². The van der Waals surface area contributed by atoms with E-state index in [0.717, 1.165) is 23.0 Å². The van der Waals surface area contributed by atoms with Gasteiger partial charge in [-0.25, -0.2) is 4.79 Å². The van der Waals surface area contributed by atoms with E-state index >= 15 is 0 Å². The van der Waals surface area contributed by atoms with Crippen LogP contribution in [0.5, 0.6) is 0 Å². The van der Waals surface area contributed by atoms with E-state index in [1.165, 1.54) is 10.9 Å². The first-order chi connectivity index (χ1) is 12.2. The number of amides is 1. The van der Waals surface area contributed by atoms with E-state index in [1.807, 2.05) is 30.3 Å². The zero-order chi connectivity index (χ0) is 17.2. The molecule has 0 saturated carbocycles. The van der Waals surface area contributed by atoms with Gasteiger partial charge >= 0.3 is 6.09 Å². The van der Waals surface area contributed by atoms with Gasteiger partial charge in [-0.3, -0.25) is 0 Å². The molecular weight excluding hydrogens is 380 g/mol. The van der Waals surface area contributed by atoms with Crippen LogP contribution in [0.25, 0.3) is 10.9 Å². The molecular formula is C20H19BrN2O2. The molecule has 0 bridgehead atoms. The number of hydrogen-bond acceptors (Lipinski definition) is 2. The summed E-state index contributed by atoms with van der Waals surface area (Å²) < 4.78 is 8.79. The van der Waals surface area contributed by atoms with Gasteiger partial charge in [0, 0.05) is 29.3 Å². The molecule has 1 amide bonds. The number of carbonyl (C=O) groups excluding carboxylic acids is 1. The van der Waals surface area contributed by atoms with Crippen molar-refractivity contribution in [3.05, 3.63) is 70.8 Å². The monoisotopic (exact) mass is 398 g/mol. The van der Waals surface area contributed by atoms with E-state index in [9.17, 15) is 4.79 Å². The Bertz CT molecular complexity index is 891. The van der Waals surface area contributed by atoms with Gasteiger partial charge < -0.3 is 14.2 Å². The van der Waals surface area contributed by atoms with E-state index in [1.54, 1.807) is 4.90 Å². The zero-order valence-electron chi connectivity index (χ0n) is 13.8. The Kier molecular flexibility index (Phi) is 4.49. The number of halogens is 1. The quantitative estimate of drug-likeness (QED) is 0.622. The molecule has 2 heterocycles. The van der Waals surface area contributed by atoms with Crippen LogP contribution < -0.4 is 0 Å². The molecule has 1 aromatic heterocycles. The van der Waals surface area contributed by atoms with Gasteiger partial charge in [0.25, 0.3) is 0 Å². The van der Waals surface area contributed by atoms with Crippen LogP contribution in [0, 0.1) is 0 Å². The molecule has 0 spiro atoms. The standard InChI is InChI=1S/C20H19BrN2O2/c21-17-7-6-16-8-11-23(19(16)12-17)18-9-10-22(13-18)20(24)25-14-15-4-2-1-3-5-15/h1-8,11-12,18H,9-10,13-14H2. The minimum atomic E-state index is -0.232. The number of rotatable bonds is 3. The number of likely N-dealkylation sites (tertiary alicyclic amines) is 1. The van der Waals surface area contributed by atoms with Crippen molar-refractivity contribution in [2.75, 3.05) is 13.1 Å². The number of ether oxygens (including phenoxy) is 1. The maximum absolute atomic E-state index is 12.3. The van der Waals surface area contributed by atoms with Crippen LogP contribution in [0.4, 0.5) is 4.79 Å². The lowest BCUT2D eigenvalue weighted by Crippen LogP contribution is -2.29. The fourth-order valence-corrected chi connectivity index (χ4v) is 3.73. The normalized spacial score (nSPS) is 17.2. The van der Waals surface area contributed by atoms with Crippen LogP contribution in [0.1, 0.15) is 18.0 Å². The maximum atomic E-state index is 12.3. The van der Waals surface area contributed by atoms with Crippen molar-refractivity contribution in [3.63, 3.8) is 0 Å². The first-order valence-electron chi connectivity index (χ1n) is 8.42. The highest BCUT2D eigenvalue weighted by Crippen LogP contribution is 2.29. The highest BCUT2D eigenvalue weighted by molar-refractivity contribution is 9.10. The summed E-state index contributed by atoms with van der Waals surface area (Å²) in [6.45, 7) is 1.73. The highest BCUT2D eigenvalue weighted by Gasteiger charge is 2.28. The Morgan fingerprint density at radius 1 is 1.16 bits per heavy atom. The number of aromatic nitrogens is 1. The predicted molar refractivity (Wildman–Crippen MR) is 101 cm³/mol. The molecule has 0 radical (unpaired) electrons. The molecule has 25 heavy (non-hydrogen) atoms. The molecule has 1 unspecified atom stereocenters. The highest BCUT2D eigenvalue weighted by atomic mass is 79.9.